The van der Waals surface area contributed by atoms with Gasteiger partial charge in [-0.3, -0.25) is 4.79 Å². The summed E-state index contributed by atoms with van der Waals surface area (Å²) in [6, 6.07) is 12.7. The molecular weight excluding hydrogens is 458 g/mol. The van der Waals surface area contributed by atoms with Crippen molar-refractivity contribution in [2.45, 2.75) is 38.0 Å². The number of ether oxygens (including phenoxy) is 4. The van der Waals surface area contributed by atoms with Crippen LogP contribution in [0.5, 0.6) is 11.5 Å². The van der Waals surface area contributed by atoms with Crippen LogP contribution in [0, 0.1) is 0 Å². The van der Waals surface area contributed by atoms with E-state index in [-0.39, 0.29) is 11.9 Å². The van der Waals surface area contributed by atoms with Gasteiger partial charge in [-0.1, -0.05) is 12.1 Å². The first kappa shape index (κ1) is 26.3. The zero-order valence-corrected chi connectivity index (χ0v) is 21.9. The molecule has 1 heterocycles. The second kappa shape index (κ2) is 12.4. The molecule has 0 radical (unpaired) electrons. The van der Waals surface area contributed by atoms with Gasteiger partial charge >= 0.3 is 0 Å². The number of morpholine rings is 1. The van der Waals surface area contributed by atoms with E-state index in [1.165, 1.54) is 0 Å². The molecule has 1 amide bonds. The summed E-state index contributed by atoms with van der Waals surface area (Å²) in [5, 5.41) is 3.28. The molecule has 196 valence electrons. The molecule has 0 spiro atoms. The lowest BCUT2D eigenvalue weighted by atomic mass is 9.97. The molecule has 2 aliphatic rings. The van der Waals surface area contributed by atoms with E-state index < -0.39 is 6.10 Å². The van der Waals surface area contributed by atoms with E-state index in [0.29, 0.717) is 44.4 Å². The molecule has 4 rings (SSSR count). The minimum Gasteiger partial charge on any atom is -0.493 e. The Balaban J connectivity index is 1.70. The number of benzene rings is 2. The third kappa shape index (κ3) is 6.49. The van der Waals surface area contributed by atoms with Crippen molar-refractivity contribution in [2.75, 3.05) is 66.1 Å². The highest BCUT2D eigenvalue weighted by molar-refractivity contribution is 5.83. The van der Waals surface area contributed by atoms with Crippen LogP contribution >= 0.6 is 0 Å². The molecule has 2 aromatic rings. The predicted molar refractivity (Wildman–Crippen MR) is 141 cm³/mol. The van der Waals surface area contributed by atoms with E-state index in [1.54, 1.807) is 14.2 Å². The minimum atomic E-state index is -0.442. The van der Waals surface area contributed by atoms with Crippen LogP contribution < -0.4 is 19.7 Å². The fourth-order valence-electron chi connectivity index (χ4n) is 4.48. The highest BCUT2D eigenvalue weighted by atomic mass is 16.5. The smallest absolute Gasteiger partial charge is 0.253 e. The molecule has 36 heavy (non-hydrogen) atoms. The summed E-state index contributed by atoms with van der Waals surface area (Å²) in [7, 11) is 7.40. The van der Waals surface area contributed by atoms with E-state index in [2.05, 4.69) is 34.5 Å². The second-order valence-electron chi connectivity index (χ2n) is 9.56. The van der Waals surface area contributed by atoms with Crippen molar-refractivity contribution in [2.24, 2.45) is 0 Å². The Morgan fingerprint density at radius 3 is 2.61 bits per heavy atom. The molecule has 8 heteroatoms. The van der Waals surface area contributed by atoms with Gasteiger partial charge in [-0.25, -0.2) is 0 Å². The Morgan fingerprint density at radius 2 is 1.94 bits per heavy atom. The normalized spacial score (nSPS) is 17.5. The molecule has 1 aliphatic heterocycles. The van der Waals surface area contributed by atoms with Crippen LogP contribution in [-0.2, 0) is 20.8 Å². The van der Waals surface area contributed by atoms with E-state index in [9.17, 15) is 4.79 Å². The van der Waals surface area contributed by atoms with Gasteiger partial charge in [-0.2, -0.15) is 0 Å². The minimum absolute atomic E-state index is 0.0519. The number of nitrogens with zero attached hydrogens (tertiary/aromatic N) is 2. The van der Waals surface area contributed by atoms with Crippen LogP contribution in [0.2, 0.25) is 0 Å². The first-order valence-corrected chi connectivity index (χ1v) is 12.7. The molecule has 8 nitrogen and oxygen atoms in total. The van der Waals surface area contributed by atoms with Crippen LogP contribution in [0.25, 0.3) is 11.1 Å². The van der Waals surface area contributed by atoms with Crippen molar-refractivity contribution in [3.63, 3.8) is 0 Å². The van der Waals surface area contributed by atoms with Gasteiger partial charge in [0, 0.05) is 65.6 Å². The maximum Gasteiger partial charge on any atom is 0.253 e. The average Bonchev–Trinajstić information content (AvgIpc) is 3.75. The number of methoxy groups -OCH3 is 2. The maximum atomic E-state index is 13.5. The number of carbonyl (C=O) groups is 1. The third-order valence-electron chi connectivity index (χ3n) is 6.63. The van der Waals surface area contributed by atoms with Crippen molar-refractivity contribution >= 4 is 11.6 Å². The van der Waals surface area contributed by atoms with Crippen LogP contribution in [0.1, 0.15) is 24.8 Å². The fraction of sp³-hybridized carbons (Fsp3) is 0.536. The van der Waals surface area contributed by atoms with Crippen molar-refractivity contribution in [3.8, 4) is 22.6 Å². The topological polar surface area (TPSA) is 72.5 Å². The summed E-state index contributed by atoms with van der Waals surface area (Å²) < 4.78 is 22.8. The lowest BCUT2D eigenvalue weighted by Crippen LogP contribution is -2.49. The average molecular weight is 498 g/mol. The SMILES string of the molecule is COCCCOc1cc(CN(C(=O)[C@H]2CNCCO2)C2CC2)c(-c2cccc(N(C)C)c2)cc1OC. The largest absolute Gasteiger partial charge is 0.493 e. The van der Waals surface area contributed by atoms with Gasteiger partial charge in [0.05, 0.1) is 20.3 Å². The van der Waals surface area contributed by atoms with E-state index in [4.69, 9.17) is 18.9 Å². The maximum absolute atomic E-state index is 13.5. The number of anilines is 1. The Labute approximate surface area is 214 Å². The van der Waals surface area contributed by atoms with Gasteiger partial charge in [0.15, 0.2) is 11.5 Å². The molecule has 2 fully saturated rings. The number of amides is 1. The second-order valence-corrected chi connectivity index (χ2v) is 9.56. The lowest BCUT2D eigenvalue weighted by Gasteiger charge is -2.31. The summed E-state index contributed by atoms with van der Waals surface area (Å²) in [6.45, 7) is 3.52. The van der Waals surface area contributed by atoms with Crippen LogP contribution in [0.15, 0.2) is 36.4 Å². The zero-order valence-electron chi connectivity index (χ0n) is 21.9. The molecule has 0 aromatic heterocycles. The Hall–Kier alpha value is -2.81. The molecule has 0 unspecified atom stereocenters. The number of rotatable bonds is 12. The lowest BCUT2D eigenvalue weighted by molar-refractivity contribution is -0.146. The highest BCUT2D eigenvalue weighted by Gasteiger charge is 2.37. The summed E-state index contributed by atoms with van der Waals surface area (Å²) in [5.41, 5.74) is 4.23. The summed E-state index contributed by atoms with van der Waals surface area (Å²) in [5.74, 6) is 1.40. The number of nitrogens with one attached hydrogen (secondary N) is 1. The van der Waals surface area contributed by atoms with Crippen LogP contribution in [0.4, 0.5) is 5.69 Å². The van der Waals surface area contributed by atoms with E-state index >= 15 is 0 Å². The van der Waals surface area contributed by atoms with Crippen molar-refractivity contribution < 1.29 is 23.7 Å². The monoisotopic (exact) mass is 497 g/mol. The Bertz CT molecular complexity index is 1020. The van der Waals surface area contributed by atoms with Crippen molar-refractivity contribution in [1.29, 1.82) is 0 Å². The van der Waals surface area contributed by atoms with Gasteiger partial charge in [-0.15, -0.1) is 0 Å². The van der Waals surface area contributed by atoms with Gasteiger partial charge in [0.25, 0.3) is 5.91 Å². The van der Waals surface area contributed by atoms with Crippen molar-refractivity contribution in [3.05, 3.63) is 42.0 Å². The molecule has 1 N–H and O–H groups in total. The van der Waals surface area contributed by atoms with Gasteiger partial charge in [0.2, 0.25) is 0 Å². The van der Waals surface area contributed by atoms with Gasteiger partial charge in [-0.05, 0) is 53.8 Å². The Morgan fingerprint density at radius 1 is 1.11 bits per heavy atom. The molecule has 1 saturated heterocycles. The molecule has 0 bridgehead atoms. The predicted octanol–water partition coefficient (Wildman–Crippen LogP) is 3.32. The standard InChI is InChI=1S/C28H39N3O5/c1-30(2)23-8-5-7-20(15-23)24-17-25(34-4)26(35-13-6-12-33-3)16-21(24)19-31(22-9-10-22)28(32)27-18-29-11-14-36-27/h5,7-8,15-17,22,27,29H,6,9-14,18-19H2,1-4H3/t27-/m1/s1. The summed E-state index contributed by atoms with van der Waals surface area (Å²) in [6.07, 6.45) is 2.38. The van der Waals surface area contributed by atoms with Gasteiger partial charge < -0.3 is 34.1 Å². The van der Waals surface area contributed by atoms with E-state index in [1.807, 2.05) is 31.1 Å². The zero-order chi connectivity index (χ0) is 25.5. The molecule has 1 atom stereocenters. The number of carbonyl (C=O) groups excluding carboxylic acids is 1. The number of hydrogen-bond donors (Lipinski definition) is 1. The summed E-state index contributed by atoms with van der Waals surface area (Å²) >= 11 is 0. The number of hydrogen-bond acceptors (Lipinski definition) is 7. The first-order valence-electron chi connectivity index (χ1n) is 12.7. The fourth-order valence-corrected chi connectivity index (χ4v) is 4.48. The molecule has 1 aliphatic carbocycles. The summed E-state index contributed by atoms with van der Waals surface area (Å²) in [4.78, 5) is 17.6. The molecule has 2 aromatic carbocycles. The van der Waals surface area contributed by atoms with Gasteiger partial charge in [0.1, 0.15) is 6.10 Å². The quantitative estimate of drug-likeness (QED) is 0.451. The Kier molecular flexibility index (Phi) is 9.07. The highest BCUT2D eigenvalue weighted by Crippen LogP contribution is 2.39. The van der Waals surface area contributed by atoms with Crippen LogP contribution in [-0.4, -0.2) is 84.2 Å². The van der Waals surface area contributed by atoms with Crippen LogP contribution in [0.3, 0.4) is 0 Å². The molecular formula is C28H39N3O5. The first-order chi connectivity index (χ1) is 17.5. The molecule has 1 saturated carbocycles. The third-order valence-corrected chi connectivity index (χ3v) is 6.63. The van der Waals surface area contributed by atoms with E-state index in [0.717, 1.165) is 48.2 Å². The van der Waals surface area contributed by atoms with Crippen molar-refractivity contribution in [1.82, 2.24) is 10.2 Å².